The summed E-state index contributed by atoms with van der Waals surface area (Å²) in [5.41, 5.74) is 0. The quantitative estimate of drug-likeness (QED) is 0.473. The number of amides is 4. The molecule has 0 aromatic heterocycles. The zero-order valence-electron chi connectivity index (χ0n) is 5.71. The van der Waals surface area contributed by atoms with Gasteiger partial charge in [0.25, 0.3) is 0 Å². The number of hydrogen-bond donors (Lipinski definition) is 2. The Kier molecular flexibility index (Phi) is 3.78. The van der Waals surface area contributed by atoms with Gasteiger partial charge in [-0.3, -0.25) is 0 Å². The Labute approximate surface area is 57.7 Å². The van der Waals surface area contributed by atoms with E-state index in [4.69, 9.17) is 0 Å². The molecule has 0 aliphatic heterocycles. The first-order valence-corrected chi connectivity index (χ1v) is 2.56. The molecule has 0 rings (SSSR count). The molecule has 0 bridgehead atoms. The Bertz CT molecular complexity index is 147. The predicted octanol–water partition coefficient (Wildman–Crippen LogP) is 0.117. The van der Waals surface area contributed by atoms with E-state index < -0.39 is 12.1 Å². The lowest BCUT2D eigenvalue weighted by atomic mass is 11.0. The third-order valence-corrected chi connectivity index (χ3v) is 0.659. The largest absolute Gasteiger partial charge is 0.359 e. The lowest BCUT2D eigenvalue weighted by Gasteiger charge is -1.87. The molecule has 0 aromatic carbocycles. The molecule has 2 N–H and O–H groups in total. The third-order valence-electron chi connectivity index (χ3n) is 0.659. The summed E-state index contributed by atoms with van der Waals surface area (Å²) in [6, 6.07) is -1.30. The van der Waals surface area contributed by atoms with E-state index >= 15 is 0 Å². The monoisotopic (exact) mass is 144 g/mol. The number of rotatable bonds is 0. The van der Waals surface area contributed by atoms with Crippen LogP contribution in [0.3, 0.4) is 0 Å². The van der Waals surface area contributed by atoms with E-state index in [0.717, 1.165) is 0 Å². The number of nitrogens with zero attached hydrogens (tertiary/aromatic N) is 2. The van der Waals surface area contributed by atoms with Crippen LogP contribution < -0.4 is 10.6 Å². The van der Waals surface area contributed by atoms with E-state index in [-0.39, 0.29) is 0 Å². The highest BCUT2D eigenvalue weighted by Crippen LogP contribution is 1.77. The molecule has 0 aliphatic carbocycles. The molecule has 0 atom stereocenters. The van der Waals surface area contributed by atoms with Crippen molar-refractivity contribution in [2.24, 2.45) is 10.2 Å². The Morgan fingerprint density at radius 3 is 1.50 bits per heavy atom. The molecular weight excluding hydrogens is 136 g/mol. The number of carbonyl (C=O) groups is 2. The highest BCUT2D eigenvalue weighted by atomic mass is 16.2. The average molecular weight is 144 g/mol. The van der Waals surface area contributed by atoms with Crippen LogP contribution >= 0.6 is 0 Å². The fraction of sp³-hybridized carbons (Fsp3) is 0.500. The summed E-state index contributed by atoms with van der Waals surface area (Å²) in [5.74, 6) is 0. The maximum absolute atomic E-state index is 10.3. The topological polar surface area (TPSA) is 82.9 Å². The Morgan fingerprint density at radius 1 is 1.00 bits per heavy atom. The summed E-state index contributed by atoms with van der Waals surface area (Å²) >= 11 is 0. The molecule has 0 unspecified atom stereocenters. The summed E-state index contributed by atoms with van der Waals surface area (Å²) in [6.45, 7) is 0. The number of hydrogen-bond acceptors (Lipinski definition) is 2. The molecule has 0 saturated heterocycles. The van der Waals surface area contributed by atoms with Gasteiger partial charge < -0.3 is 10.6 Å². The summed E-state index contributed by atoms with van der Waals surface area (Å²) < 4.78 is 0. The van der Waals surface area contributed by atoms with E-state index in [0.29, 0.717) is 0 Å². The van der Waals surface area contributed by atoms with Gasteiger partial charge in [0.1, 0.15) is 0 Å². The Morgan fingerprint density at radius 2 is 1.30 bits per heavy atom. The maximum atomic E-state index is 10.3. The summed E-state index contributed by atoms with van der Waals surface area (Å²) in [7, 11) is 2.79. The van der Waals surface area contributed by atoms with Gasteiger partial charge in [-0.15, -0.1) is 0 Å². The molecule has 10 heavy (non-hydrogen) atoms. The Balaban J connectivity index is 3.75. The molecule has 4 amide bonds. The minimum Gasteiger partial charge on any atom is -0.338 e. The standard InChI is InChI=1S/C4H8N4O2/c1-5-3(9)7-8-4(10)6-2/h1-2H3,(H,5,9)(H,6,10)/b8-7+. The van der Waals surface area contributed by atoms with Crippen molar-refractivity contribution in [2.75, 3.05) is 14.1 Å². The van der Waals surface area contributed by atoms with Gasteiger partial charge in [-0.2, -0.15) is 0 Å². The highest BCUT2D eigenvalue weighted by molar-refractivity contribution is 5.79. The summed E-state index contributed by atoms with van der Waals surface area (Å²) in [6.07, 6.45) is 0. The minimum atomic E-state index is -0.649. The fourth-order valence-electron chi connectivity index (χ4n) is 0.191. The van der Waals surface area contributed by atoms with Crippen molar-refractivity contribution in [3.05, 3.63) is 0 Å². The van der Waals surface area contributed by atoms with Crippen molar-refractivity contribution >= 4 is 12.1 Å². The Hall–Kier alpha value is -1.46. The zero-order valence-corrected chi connectivity index (χ0v) is 5.71. The molecule has 0 heterocycles. The highest BCUT2D eigenvalue weighted by Gasteiger charge is 1.93. The average Bonchev–Trinajstić information content (AvgIpc) is 1.99. The van der Waals surface area contributed by atoms with Gasteiger partial charge in [0.15, 0.2) is 0 Å². The second kappa shape index (κ2) is 4.42. The van der Waals surface area contributed by atoms with Crippen LogP contribution in [-0.2, 0) is 0 Å². The van der Waals surface area contributed by atoms with Gasteiger partial charge in [-0.25, -0.2) is 9.59 Å². The van der Waals surface area contributed by atoms with Gasteiger partial charge in [-0.1, -0.05) is 10.2 Å². The van der Waals surface area contributed by atoms with Gasteiger partial charge in [-0.05, 0) is 0 Å². The van der Waals surface area contributed by atoms with Crippen LogP contribution in [0.25, 0.3) is 0 Å². The molecule has 0 saturated carbocycles. The van der Waals surface area contributed by atoms with Gasteiger partial charge in [0, 0.05) is 14.1 Å². The molecule has 0 spiro atoms. The molecule has 6 heteroatoms. The van der Waals surface area contributed by atoms with Gasteiger partial charge >= 0.3 is 12.1 Å². The lowest BCUT2D eigenvalue weighted by molar-refractivity contribution is 0.243. The fourth-order valence-corrected chi connectivity index (χ4v) is 0.191. The summed E-state index contributed by atoms with van der Waals surface area (Å²) in [5, 5.41) is 10.3. The second-order valence-electron chi connectivity index (χ2n) is 1.31. The first-order valence-electron chi connectivity index (χ1n) is 2.56. The van der Waals surface area contributed by atoms with Gasteiger partial charge in [0.05, 0.1) is 0 Å². The normalized spacial score (nSPS) is 9.40. The van der Waals surface area contributed by atoms with Crippen molar-refractivity contribution in [1.29, 1.82) is 0 Å². The van der Waals surface area contributed by atoms with E-state index in [2.05, 4.69) is 20.9 Å². The van der Waals surface area contributed by atoms with Gasteiger partial charge in [0.2, 0.25) is 0 Å². The van der Waals surface area contributed by atoms with Crippen LogP contribution in [0.4, 0.5) is 9.59 Å². The van der Waals surface area contributed by atoms with Crippen LogP contribution in [0.1, 0.15) is 0 Å². The van der Waals surface area contributed by atoms with E-state index in [1.165, 1.54) is 14.1 Å². The third kappa shape index (κ3) is 3.53. The summed E-state index contributed by atoms with van der Waals surface area (Å²) in [4.78, 5) is 20.6. The smallest absolute Gasteiger partial charge is 0.338 e. The SMILES string of the molecule is CNC(=O)/N=N/C(=O)NC. The molecule has 0 fully saturated rings. The first kappa shape index (κ1) is 8.54. The van der Waals surface area contributed by atoms with E-state index in [1.807, 2.05) is 0 Å². The molecule has 0 aromatic rings. The zero-order chi connectivity index (χ0) is 7.98. The van der Waals surface area contributed by atoms with Crippen molar-refractivity contribution in [3.63, 3.8) is 0 Å². The molecule has 56 valence electrons. The van der Waals surface area contributed by atoms with E-state index in [1.54, 1.807) is 0 Å². The van der Waals surface area contributed by atoms with Crippen LogP contribution in [0.15, 0.2) is 10.2 Å². The van der Waals surface area contributed by atoms with Crippen LogP contribution in [0, 0.1) is 0 Å². The van der Waals surface area contributed by atoms with E-state index in [9.17, 15) is 9.59 Å². The number of nitrogens with one attached hydrogen (secondary N) is 2. The lowest BCUT2D eigenvalue weighted by Crippen LogP contribution is -2.15. The van der Waals surface area contributed by atoms with Crippen molar-refractivity contribution in [2.45, 2.75) is 0 Å². The van der Waals surface area contributed by atoms with Crippen LogP contribution in [-0.4, -0.2) is 26.2 Å². The maximum Gasteiger partial charge on any atom is 0.359 e. The number of carbonyl (C=O) groups excluding carboxylic acids is 2. The number of urea groups is 2. The van der Waals surface area contributed by atoms with Crippen molar-refractivity contribution < 1.29 is 9.59 Å². The number of azo groups is 1. The second-order valence-corrected chi connectivity index (χ2v) is 1.31. The first-order chi connectivity index (χ1) is 4.70. The van der Waals surface area contributed by atoms with Crippen molar-refractivity contribution in [3.8, 4) is 0 Å². The molecule has 0 aliphatic rings. The molecule has 6 nitrogen and oxygen atoms in total. The predicted molar refractivity (Wildman–Crippen MR) is 33.8 cm³/mol. The van der Waals surface area contributed by atoms with Crippen LogP contribution in [0.5, 0.6) is 0 Å². The minimum absolute atomic E-state index is 0.649. The van der Waals surface area contributed by atoms with Crippen molar-refractivity contribution in [1.82, 2.24) is 10.6 Å². The molecular formula is C4H8N4O2. The molecule has 0 radical (unpaired) electrons. The van der Waals surface area contributed by atoms with Crippen LogP contribution in [0.2, 0.25) is 0 Å².